The molecular weight excluding hydrogens is 366 g/mol. The highest BCUT2D eigenvalue weighted by atomic mass is 16.5. The van der Waals surface area contributed by atoms with Crippen LogP contribution in [0, 0.1) is 13.8 Å². The van der Waals surface area contributed by atoms with Gasteiger partial charge in [-0.1, -0.05) is 29.8 Å². The second kappa shape index (κ2) is 9.10. The number of nitrogens with zero attached hydrogens (tertiary/aromatic N) is 2. The number of ether oxygens (including phenoxy) is 1. The molecule has 1 heterocycles. The normalized spacial score (nSPS) is 10.4. The number of rotatable bonds is 6. The number of esters is 1. The fourth-order valence-electron chi connectivity index (χ4n) is 2.80. The zero-order valence-corrected chi connectivity index (χ0v) is 16.7. The first-order valence-electron chi connectivity index (χ1n) is 9.41. The average molecular weight is 389 g/mol. The van der Waals surface area contributed by atoms with Gasteiger partial charge in [-0.25, -0.2) is 14.8 Å². The summed E-state index contributed by atoms with van der Waals surface area (Å²) in [5.41, 5.74) is 4.35. The molecule has 1 amide bonds. The zero-order valence-electron chi connectivity index (χ0n) is 16.7. The van der Waals surface area contributed by atoms with Gasteiger partial charge >= 0.3 is 5.97 Å². The van der Waals surface area contributed by atoms with E-state index in [0.29, 0.717) is 23.5 Å². The van der Waals surface area contributed by atoms with Gasteiger partial charge in [0.1, 0.15) is 5.82 Å². The summed E-state index contributed by atoms with van der Waals surface area (Å²) in [7, 11) is 0. The SMILES string of the molecule is CCOC(=O)c1cc(C(=O)NCc2cnc(C)nc2)cc(-c2ccc(C)cc2)c1. The molecule has 0 saturated carbocycles. The molecule has 148 valence electrons. The van der Waals surface area contributed by atoms with Crippen molar-refractivity contribution in [1.82, 2.24) is 15.3 Å². The molecule has 0 radical (unpaired) electrons. The maximum atomic E-state index is 12.8. The summed E-state index contributed by atoms with van der Waals surface area (Å²) >= 11 is 0. The van der Waals surface area contributed by atoms with Gasteiger partial charge < -0.3 is 10.1 Å². The van der Waals surface area contributed by atoms with Crippen LogP contribution in [0.5, 0.6) is 0 Å². The van der Waals surface area contributed by atoms with Crippen LogP contribution in [0.15, 0.2) is 54.9 Å². The summed E-state index contributed by atoms with van der Waals surface area (Å²) in [6.07, 6.45) is 3.35. The minimum Gasteiger partial charge on any atom is -0.462 e. The molecule has 0 atom stereocenters. The zero-order chi connectivity index (χ0) is 20.8. The molecule has 0 aliphatic carbocycles. The lowest BCUT2D eigenvalue weighted by molar-refractivity contribution is 0.0526. The number of nitrogens with one attached hydrogen (secondary N) is 1. The number of aromatic nitrogens is 2. The van der Waals surface area contributed by atoms with Crippen molar-refractivity contribution in [3.63, 3.8) is 0 Å². The molecule has 0 unspecified atom stereocenters. The molecule has 0 aliphatic rings. The molecule has 6 heteroatoms. The van der Waals surface area contributed by atoms with Crippen molar-refractivity contribution in [1.29, 1.82) is 0 Å². The van der Waals surface area contributed by atoms with E-state index in [0.717, 1.165) is 22.3 Å². The Bertz CT molecular complexity index is 1010. The van der Waals surface area contributed by atoms with E-state index in [1.807, 2.05) is 31.2 Å². The summed E-state index contributed by atoms with van der Waals surface area (Å²) in [6.45, 7) is 6.12. The third-order valence-corrected chi connectivity index (χ3v) is 4.38. The van der Waals surface area contributed by atoms with Crippen LogP contribution < -0.4 is 5.32 Å². The Morgan fingerprint density at radius 3 is 2.24 bits per heavy atom. The predicted molar refractivity (Wildman–Crippen MR) is 111 cm³/mol. The van der Waals surface area contributed by atoms with E-state index in [-0.39, 0.29) is 12.5 Å². The number of benzene rings is 2. The lowest BCUT2D eigenvalue weighted by Crippen LogP contribution is -2.23. The van der Waals surface area contributed by atoms with Gasteiger partial charge in [-0.2, -0.15) is 0 Å². The highest BCUT2D eigenvalue weighted by molar-refractivity contribution is 5.99. The first kappa shape index (κ1) is 20.2. The molecule has 29 heavy (non-hydrogen) atoms. The van der Waals surface area contributed by atoms with Crippen LogP contribution in [0.3, 0.4) is 0 Å². The van der Waals surface area contributed by atoms with Gasteiger partial charge in [0, 0.05) is 30.1 Å². The van der Waals surface area contributed by atoms with Gasteiger partial charge in [0.25, 0.3) is 5.91 Å². The molecule has 6 nitrogen and oxygen atoms in total. The van der Waals surface area contributed by atoms with Gasteiger partial charge in [0.05, 0.1) is 12.2 Å². The van der Waals surface area contributed by atoms with E-state index in [2.05, 4.69) is 15.3 Å². The van der Waals surface area contributed by atoms with Crippen LogP contribution in [0.25, 0.3) is 11.1 Å². The van der Waals surface area contributed by atoms with E-state index in [1.54, 1.807) is 44.4 Å². The number of aryl methyl sites for hydroxylation is 2. The van der Waals surface area contributed by atoms with Crippen LogP contribution in [0.4, 0.5) is 0 Å². The summed E-state index contributed by atoms with van der Waals surface area (Å²) < 4.78 is 5.13. The Morgan fingerprint density at radius 1 is 0.931 bits per heavy atom. The monoisotopic (exact) mass is 389 g/mol. The van der Waals surface area contributed by atoms with Gasteiger partial charge in [0.2, 0.25) is 0 Å². The highest BCUT2D eigenvalue weighted by Gasteiger charge is 2.15. The Balaban J connectivity index is 1.89. The van der Waals surface area contributed by atoms with E-state index in [1.165, 1.54) is 0 Å². The van der Waals surface area contributed by atoms with Crippen molar-refractivity contribution in [3.05, 3.63) is 82.9 Å². The number of amides is 1. The van der Waals surface area contributed by atoms with Gasteiger partial charge in [-0.15, -0.1) is 0 Å². The first-order chi connectivity index (χ1) is 14.0. The highest BCUT2D eigenvalue weighted by Crippen LogP contribution is 2.24. The van der Waals surface area contributed by atoms with Crippen molar-refractivity contribution >= 4 is 11.9 Å². The molecule has 3 rings (SSSR count). The summed E-state index contributed by atoms with van der Waals surface area (Å²) in [4.78, 5) is 33.3. The molecule has 0 fully saturated rings. The number of hydrogen-bond acceptors (Lipinski definition) is 5. The quantitative estimate of drug-likeness (QED) is 0.647. The molecule has 0 saturated heterocycles. The standard InChI is InChI=1S/C23H23N3O3/c1-4-29-23(28)21-10-19(18-7-5-15(2)6-8-18)9-20(11-21)22(27)26-14-17-12-24-16(3)25-13-17/h5-13H,4,14H2,1-3H3,(H,26,27). The second-order valence-corrected chi connectivity index (χ2v) is 6.71. The molecule has 0 bridgehead atoms. The minimum atomic E-state index is -0.456. The number of hydrogen-bond donors (Lipinski definition) is 1. The Hall–Kier alpha value is -3.54. The Labute approximate surface area is 170 Å². The predicted octanol–water partition coefficient (Wildman–Crippen LogP) is 3.87. The fourth-order valence-corrected chi connectivity index (χ4v) is 2.80. The maximum Gasteiger partial charge on any atom is 0.338 e. The third-order valence-electron chi connectivity index (χ3n) is 4.38. The maximum absolute atomic E-state index is 12.8. The van der Waals surface area contributed by atoms with Crippen molar-refractivity contribution < 1.29 is 14.3 Å². The van der Waals surface area contributed by atoms with Crippen molar-refractivity contribution in [2.45, 2.75) is 27.3 Å². The van der Waals surface area contributed by atoms with Crippen molar-refractivity contribution in [2.24, 2.45) is 0 Å². The van der Waals surface area contributed by atoms with E-state index in [4.69, 9.17) is 4.74 Å². The molecule has 1 N–H and O–H groups in total. The van der Waals surface area contributed by atoms with Gasteiger partial charge in [-0.3, -0.25) is 4.79 Å². The van der Waals surface area contributed by atoms with E-state index < -0.39 is 5.97 Å². The molecule has 1 aromatic heterocycles. The smallest absolute Gasteiger partial charge is 0.338 e. The lowest BCUT2D eigenvalue weighted by atomic mass is 9.98. The van der Waals surface area contributed by atoms with Crippen LogP contribution in [0.1, 0.15) is 44.6 Å². The van der Waals surface area contributed by atoms with Crippen molar-refractivity contribution in [3.8, 4) is 11.1 Å². The summed E-state index contributed by atoms with van der Waals surface area (Å²) in [5.74, 6) is -0.0718. The summed E-state index contributed by atoms with van der Waals surface area (Å²) in [5, 5.41) is 2.85. The molecule has 0 aliphatic heterocycles. The lowest BCUT2D eigenvalue weighted by Gasteiger charge is -2.11. The summed E-state index contributed by atoms with van der Waals surface area (Å²) in [6, 6.07) is 13.0. The van der Waals surface area contributed by atoms with Gasteiger partial charge in [0.15, 0.2) is 0 Å². The van der Waals surface area contributed by atoms with Gasteiger partial charge in [-0.05, 0) is 50.1 Å². The largest absolute Gasteiger partial charge is 0.462 e. The second-order valence-electron chi connectivity index (χ2n) is 6.71. The van der Waals surface area contributed by atoms with Crippen LogP contribution >= 0.6 is 0 Å². The molecule has 3 aromatic rings. The van der Waals surface area contributed by atoms with Crippen molar-refractivity contribution in [2.75, 3.05) is 6.61 Å². The third kappa shape index (κ3) is 5.25. The van der Waals surface area contributed by atoms with Crippen LogP contribution in [-0.2, 0) is 11.3 Å². The topological polar surface area (TPSA) is 81.2 Å². The number of carbonyl (C=O) groups excluding carboxylic acids is 2. The first-order valence-corrected chi connectivity index (χ1v) is 9.41. The minimum absolute atomic E-state index is 0.266. The fraction of sp³-hybridized carbons (Fsp3) is 0.217. The van der Waals surface area contributed by atoms with Crippen LogP contribution in [-0.4, -0.2) is 28.5 Å². The van der Waals surface area contributed by atoms with Crippen LogP contribution in [0.2, 0.25) is 0 Å². The molecule has 2 aromatic carbocycles. The van der Waals surface area contributed by atoms with E-state index >= 15 is 0 Å². The number of carbonyl (C=O) groups is 2. The Morgan fingerprint density at radius 2 is 1.59 bits per heavy atom. The Kier molecular flexibility index (Phi) is 6.34. The molecular formula is C23H23N3O3. The average Bonchev–Trinajstić information content (AvgIpc) is 2.73. The van der Waals surface area contributed by atoms with E-state index in [9.17, 15) is 9.59 Å². The molecule has 0 spiro atoms.